The minimum absolute atomic E-state index is 0.0545. The Morgan fingerprint density at radius 3 is 2.68 bits per heavy atom. The van der Waals surface area contributed by atoms with Crippen LogP contribution in [-0.2, 0) is 6.54 Å². The number of amides is 1. The van der Waals surface area contributed by atoms with E-state index in [1.165, 1.54) is 0 Å². The van der Waals surface area contributed by atoms with Gasteiger partial charge in [0.15, 0.2) is 0 Å². The normalized spacial score (nSPS) is 13.6. The van der Waals surface area contributed by atoms with Crippen molar-refractivity contribution in [3.63, 3.8) is 0 Å². The molecule has 3 heterocycles. The number of carbonyl (C=O) groups is 1. The minimum Gasteiger partial charge on any atom is -0.350 e. The van der Waals surface area contributed by atoms with Crippen LogP contribution < -0.4 is 5.32 Å². The van der Waals surface area contributed by atoms with Crippen LogP contribution in [0.15, 0.2) is 42.5 Å². The van der Waals surface area contributed by atoms with Crippen LogP contribution in [0.2, 0.25) is 5.02 Å². The zero-order chi connectivity index (χ0) is 19.4. The number of aryl methyl sites for hydroxylation is 1. The Bertz CT molecular complexity index is 1240. The molecule has 2 aromatic carbocycles. The van der Waals surface area contributed by atoms with E-state index in [-0.39, 0.29) is 5.91 Å². The lowest BCUT2D eigenvalue weighted by Gasteiger charge is -2.08. The van der Waals surface area contributed by atoms with E-state index in [0.29, 0.717) is 23.7 Å². The molecule has 4 aromatic rings. The van der Waals surface area contributed by atoms with Crippen molar-refractivity contribution in [3.05, 3.63) is 64.4 Å². The number of rotatable bonds is 2. The molecule has 0 aliphatic carbocycles. The van der Waals surface area contributed by atoms with Gasteiger partial charge < -0.3 is 9.88 Å². The van der Waals surface area contributed by atoms with E-state index < -0.39 is 0 Å². The topological polar surface area (TPSA) is 64.7 Å². The molecule has 0 radical (unpaired) electrons. The molecule has 1 amide bonds. The first-order valence-corrected chi connectivity index (χ1v) is 9.52. The molecule has 0 saturated carbocycles. The number of hydrogen-bond acceptors (Lipinski definition) is 3. The largest absolute Gasteiger partial charge is 0.350 e. The summed E-state index contributed by atoms with van der Waals surface area (Å²) in [4.78, 5) is 17.3. The van der Waals surface area contributed by atoms with Gasteiger partial charge in [-0.2, -0.15) is 5.10 Å². The molecule has 1 N–H and O–H groups in total. The zero-order valence-electron chi connectivity index (χ0n) is 15.5. The van der Waals surface area contributed by atoms with E-state index in [4.69, 9.17) is 21.7 Å². The number of imidazole rings is 1. The first-order chi connectivity index (χ1) is 13.5. The van der Waals surface area contributed by atoms with Crippen molar-refractivity contribution in [1.29, 1.82) is 0 Å². The molecule has 2 aromatic heterocycles. The maximum absolute atomic E-state index is 12.4. The molecule has 0 saturated heterocycles. The van der Waals surface area contributed by atoms with E-state index in [2.05, 4.69) is 9.88 Å². The van der Waals surface area contributed by atoms with Gasteiger partial charge in [-0.15, -0.1) is 0 Å². The maximum atomic E-state index is 12.4. The van der Waals surface area contributed by atoms with Crippen molar-refractivity contribution in [2.75, 3.05) is 6.54 Å². The fraction of sp³-hybridized carbons (Fsp3) is 0.190. The van der Waals surface area contributed by atoms with Gasteiger partial charge in [-0.1, -0.05) is 17.7 Å². The quantitative estimate of drug-likeness (QED) is 0.563. The Morgan fingerprint density at radius 2 is 1.89 bits per heavy atom. The van der Waals surface area contributed by atoms with Gasteiger partial charge in [0.25, 0.3) is 5.91 Å². The Labute approximate surface area is 166 Å². The van der Waals surface area contributed by atoms with Gasteiger partial charge in [-0.05, 0) is 50.2 Å². The van der Waals surface area contributed by atoms with Crippen LogP contribution in [0, 0.1) is 13.8 Å². The van der Waals surface area contributed by atoms with E-state index in [9.17, 15) is 4.79 Å². The number of aromatic nitrogens is 4. The summed E-state index contributed by atoms with van der Waals surface area (Å²) in [7, 11) is 0. The molecule has 0 fully saturated rings. The summed E-state index contributed by atoms with van der Waals surface area (Å²) < 4.78 is 4.04. The summed E-state index contributed by atoms with van der Waals surface area (Å²) in [5, 5.41) is 8.40. The van der Waals surface area contributed by atoms with Crippen molar-refractivity contribution >= 4 is 28.5 Å². The first kappa shape index (κ1) is 17.0. The van der Waals surface area contributed by atoms with Gasteiger partial charge in [-0.25, -0.2) is 9.67 Å². The zero-order valence-corrected chi connectivity index (χ0v) is 16.3. The summed E-state index contributed by atoms with van der Waals surface area (Å²) in [6.45, 7) is 5.26. The molecule has 1 aliphatic heterocycles. The summed E-state index contributed by atoms with van der Waals surface area (Å²) in [5.74, 6) is 0.787. The Balaban J connectivity index is 1.75. The molecule has 140 valence electrons. The van der Waals surface area contributed by atoms with Crippen LogP contribution in [0.1, 0.15) is 21.7 Å². The average molecular weight is 392 g/mol. The lowest BCUT2D eigenvalue weighted by Crippen LogP contribution is -2.24. The molecule has 0 unspecified atom stereocenters. The summed E-state index contributed by atoms with van der Waals surface area (Å²) in [6.07, 6.45) is 0. The molecular formula is C21H18ClN5O. The van der Waals surface area contributed by atoms with Crippen LogP contribution >= 0.6 is 11.6 Å². The minimum atomic E-state index is -0.0545. The van der Waals surface area contributed by atoms with Gasteiger partial charge in [0, 0.05) is 18.1 Å². The fourth-order valence-corrected chi connectivity index (χ4v) is 4.08. The van der Waals surface area contributed by atoms with Gasteiger partial charge in [0.1, 0.15) is 5.82 Å². The molecule has 5 rings (SSSR count). The van der Waals surface area contributed by atoms with Crippen LogP contribution in [0.5, 0.6) is 0 Å². The van der Waals surface area contributed by atoms with Crippen molar-refractivity contribution in [1.82, 2.24) is 24.6 Å². The second-order valence-corrected chi connectivity index (χ2v) is 7.39. The monoisotopic (exact) mass is 391 g/mol. The molecule has 1 aliphatic rings. The SMILES string of the molecule is Cc1nn(-c2ccc(Cl)cc2)c(C)c1-c1nc2cccc3c2n1CCNC3=O. The van der Waals surface area contributed by atoms with Crippen molar-refractivity contribution in [2.24, 2.45) is 0 Å². The highest BCUT2D eigenvalue weighted by Gasteiger charge is 2.25. The third-order valence-electron chi connectivity index (χ3n) is 5.22. The van der Waals surface area contributed by atoms with E-state index in [1.807, 2.05) is 61.0 Å². The van der Waals surface area contributed by atoms with Crippen molar-refractivity contribution in [3.8, 4) is 17.1 Å². The molecular weight excluding hydrogens is 374 g/mol. The number of benzene rings is 2. The van der Waals surface area contributed by atoms with E-state index in [0.717, 1.165) is 39.5 Å². The Morgan fingerprint density at radius 1 is 1.11 bits per heavy atom. The van der Waals surface area contributed by atoms with Crippen LogP contribution in [-0.4, -0.2) is 31.8 Å². The molecule has 7 heteroatoms. The Kier molecular flexibility index (Phi) is 3.77. The number of halogens is 1. The van der Waals surface area contributed by atoms with Crippen molar-refractivity contribution in [2.45, 2.75) is 20.4 Å². The van der Waals surface area contributed by atoms with E-state index in [1.54, 1.807) is 0 Å². The highest BCUT2D eigenvalue weighted by Crippen LogP contribution is 2.33. The summed E-state index contributed by atoms with van der Waals surface area (Å²) in [5.41, 5.74) is 6.19. The Hall–Kier alpha value is -3.12. The lowest BCUT2D eigenvalue weighted by molar-refractivity contribution is 0.0956. The van der Waals surface area contributed by atoms with Gasteiger partial charge in [0.2, 0.25) is 0 Å². The summed E-state index contributed by atoms with van der Waals surface area (Å²) in [6, 6.07) is 13.3. The van der Waals surface area contributed by atoms with Crippen LogP contribution in [0.4, 0.5) is 0 Å². The van der Waals surface area contributed by atoms with Gasteiger partial charge >= 0.3 is 0 Å². The standard InChI is InChI=1S/C21H18ClN5O/c1-12-18(13(2)27(25-12)15-8-6-14(22)7-9-15)20-24-17-5-3-4-16-19(17)26(20)11-10-23-21(16)28/h3-9H,10-11H2,1-2H3,(H,23,28). The second kappa shape index (κ2) is 6.21. The number of carbonyl (C=O) groups excluding carboxylic acids is 1. The number of para-hydroxylation sites is 1. The van der Waals surface area contributed by atoms with Gasteiger partial charge in [0.05, 0.1) is 39.2 Å². The number of nitrogens with zero attached hydrogens (tertiary/aromatic N) is 4. The molecule has 6 nitrogen and oxygen atoms in total. The van der Waals surface area contributed by atoms with Gasteiger partial charge in [-0.3, -0.25) is 4.79 Å². The van der Waals surface area contributed by atoms with Crippen molar-refractivity contribution < 1.29 is 4.79 Å². The fourth-order valence-electron chi connectivity index (χ4n) is 3.95. The highest BCUT2D eigenvalue weighted by molar-refractivity contribution is 6.30. The van der Waals surface area contributed by atoms with Crippen LogP contribution in [0.25, 0.3) is 28.1 Å². The molecule has 0 spiro atoms. The van der Waals surface area contributed by atoms with E-state index >= 15 is 0 Å². The third kappa shape index (κ3) is 2.45. The second-order valence-electron chi connectivity index (χ2n) is 6.95. The average Bonchev–Trinajstić information content (AvgIpc) is 3.12. The number of hydrogen-bond donors (Lipinski definition) is 1. The first-order valence-electron chi connectivity index (χ1n) is 9.14. The summed E-state index contributed by atoms with van der Waals surface area (Å²) >= 11 is 6.03. The lowest BCUT2D eigenvalue weighted by atomic mass is 10.1. The maximum Gasteiger partial charge on any atom is 0.253 e. The highest BCUT2D eigenvalue weighted by atomic mass is 35.5. The predicted molar refractivity (Wildman–Crippen MR) is 109 cm³/mol. The molecule has 0 atom stereocenters. The molecule has 0 bridgehead atoms. The molecule has 28 heavy (non-hydrogen) atoms. The predicted octanol–water partition coefficient (Wildman–Crippen LogP) is 3.90. The van der Waals surface area contributed by atoms with Crippen LogP contribution in [0.3, 0.4) is 0 Å². The third-order valence-corrected chi connectivity index (χ3v) is 5.47. The smallest absolute Gasteiger partial charge is 0.253 e. The number of nitrogens with one attached hydrogen (secondary N) is 1.